The third-order valence-corrected chi connectivity index (χ3v) is 6.09. The molecule has 2 aromatic rings. The first-order valence-electron chi connectivity index (χ1n) is 6.97. The number of sulfonamides is 1. The first kappa shape index (κ1) is 17.4. The molecular formula is C15H22N2O3S2. The molecule has 2 rings (SSSR count). The lowest BCUT2D eigenvalue weighted by atomic mass is 10.1. The number of fused-ring (bicyclic) bond motifs is 1. The van der Waals surface area contributed by atoms with Crippen molar-refractivity contribution in [3.63, 3.8) is 0 Å². The summed E-state index contributed by atoms with van der Waals surface area (Å²) in [7, 11) is 0.00438. The van der Waals surface area contributed by atoms with E-state index in [1.807, 2.05) is 43.3 Å². The fourth-order valence-electron chi connectivity index (χ4n) is 2.54. The lowest BCUT2D eigenvalue weighted by molar-refractivity contribution is 0.0386. The van der Waals surface area contributed by atoms with Gasteiger partial charge in [-0.1, -0.05) is 18.2 Å². The second-order valence-corrected chi connectivity index (χ2v) is 9.00. The second kappa shape index (κ2) is 6.25. The predicted octanol–water partition coefficient (Wildman–Crippen LogP) is 1.80. The number of nitrogens with zero attached hydrogens (tertiary/aromatic N) is 1. The van der Waals surface area contributed by atoms with Crippen LogP contribution < -0.4 is 4.72 Å². The number of rotatable bonds is 6. The molecule has 0 radical (unpaired) electrons. The molecular weight excluding hydrogens is 320 g/mol. The van der Waals surface area contributed by atoms with Gasteiger partial charge in [-0.25, -0.2) is 13.1 Å². The lowest BCUT2D eigenvalue weighted by Gasteiger charge is -2.27. The summed E-state index contributed by atoms with van der Waals surface area (Å²) < 4.78 is 28.7. The zero-order chi connectivity index (χ0) is 16.5. The van der Waals surface area contributed by atoms with Crippen LogP contribution in [0.4, 0.5) is 0 Å². The normalized spacial score (nSPS) is 15.4. The van der Waals surface area contributed by atoms with Crippen molar-refractivity contribution in [2.24, 2.45) is 0 Å². The Bertz CT molecular complexity index is 764. The van der Waals surface area contributed by atoms with Gasteiger partial charge in [-0.15, -0.1) is 11.3 Å². The molecule has 122 valence electrons. The van der Waals surface area contributed by atoms with E-state index in [0.717, 1.165) is 15.0 Å². The van der Waals surface area contributed by atoms with Crippen LogP contribution in [0, 0.1) is 6.92 Å². The molecule has 0 saturated heterocycles. The highest BCUT2D eigenvalue weighted by Crippen LogP contribution is 2.33. The molecule has 0 spiro atoms. The highest BCUT2D eigenvalue weighted by molar-refractivity contribution is 7.90. The fourth-order valence-corrected chi connectivity index (χ4v) is 5.51. The van der Waals surface area contributed by atoms with Crippen molar-refractivity contribution in [2.45, 2.75) is 24.3 Å². The van der Waals surface area contributed by atoms with Crippen LogP contribution in [0.2, 0.25) is 0 Å². The number of aliphatic hydroxyl groups is 1. The van der Waals surface area contributed by atoms with Gasteiger partial charge >= 0.3 is 0 Å². The van der Waals surface area contributed by atoms with E-state index in [1.165, 1.54) is 11.3 Å². The minimum atomic E-state index is -3.66. The Morgan fingerprint density at radius 2 is 1.95 bits per heavy atom. The highest BCUT2D eigenvalue weighted by Gasteiger charge is 2.27. The van der Waals surface area contributed by atoms with Crippen LogP contribution in [-0.2, 0) is 10.0 Å². The maximum atomic E-state index is 12.6. The summed E-state index contributed by atoms with van der Waals surface area (Å²) in [6.07, 6.45) is 0. The molecule has 0 fully saturated rings. The van der Waals surface area contributed by atoms with Gasteiger partial charge in [0, 0.05) is 28.1 Å². The molecule has 1 aromatic carbocycles. The minimum Gasteiger partial charge on any atom is -0.387 e. The molecule has 0 aliphatic carbocycles. The summed E-state index contributed by atoms with van der Waals surface area (Å²) in [5.74, 6) is 0. The monoisotopic (exact) mass is 342 g/mol. The van der Waals surface area contributed by atoms with Gasteiger partial charge in [0.05, 0.1) is 5.60 Å². The van der Waals surface area contributed by atoms with Gasteiger partial charge in [0.2, 0.25) is 10.0 Å². The largest absolute Gasteiger partial charge is 0.387 e. The topological polar surface area (TPSA) is 69.6 Å². The number of hydrogen-bond donors (Lipinski definition) is 2. The van der Waals surface area contributed by atoms with Crippen LogP contribution in [0.25, 0.3) is 10.1 Å². The van der Waals surface area contributed by atoms with E-state index in [1.54, 1.807) is 13.8 Å². The molecule has 0 unspecified atom stereocenters. The van der Waals surface area contributed by atoms with Crippen molar-refractivity contribution in [1.82, 2.24) is 9.62 Å². The van der Waals surface area contributed by atoms with Crippen LogP contribution in [0.15, 0.2) is 29.2 Å². The molecule has 0 saturated carbocycles. The van der Waals surface area contributed by atoms with Gasteiger partial charge in [-0.3, -0.25) is 0 Å². The van der Waals surface area contributed by atoms with E-state index in [0.29, 0.717) is 11.4 Å². The molecule has 0 aliphatic heterocycles. The van der Waals surface area contributed by atoms with Crippen molar-refractivity contribution in [1.29, 1.82) is 0 Å². The van der Waals surface area contributed by atoms with E-state index < -0.39 is 15.6 Å². The second-order valence-electron chi connectivity index (χ2n) is 6.04. The van der Waals surface area contributed by atoms with Gasteiger partial charge in [0.25, 0.3) is 0 Å². The standard InChI is InChI=1S/C15H22N2O3S2/c1-11-14(12-7-5-6-8-13(12)21-11)22(19,20)16-9-15(2,18)10-17(3)4/h5-8,16,18H,9-10H2,1-4H3/t15-/m1/s1. The Morgan fingerprint density at radius 3 is 2.59 bits per heavy atom. The van der Waals surface area contributed by atoms with E-state index in [9.17, 15) is 13.5 Å². The Kier molecular flexibility index (Phi) is 4.93. The molecule has 1 atom stereocenters. The summed E-state index contributed by atoms with van der Waals surface area (Å²) in [4.78, 5) is 2.88. The SMILES string of the molecule is Cc1sc2ccccc2c1S(=O)(=O)NC[C@@](C)(O)CN(C)C. The molecule has 0 bridgehead atoms. The average Bonchev–Trinajstić information content (AvgIpc) is 2.71. The molecule has 22 heavy (non-hydrogen) atoms. The van der Waals surface area contributed by atoms with E-state index >= 15 is 0 Å². The van der Waals surface area contributed by atoms with Crippen molar-refractivity contribution in [3.8, 4) is 0 Å². The summed E-state index contributed by atoms with van der Waals surface area (Å²) >= 11 is 1.46. The summed E-state index contributed by atoms with van der Waals surface area (Å²) in [5.41, 5.74) is -1.13. The fraction of sp³-hybridized carbons (Fsp3) is 0.467. The first-order chi connectivity index (χ1) is 10.1. The molecule has 2 N–H and O–H groups in total. The quantitative estimate of drug-likeness (QED) is 0.840. The average molecular weight is 342 g/mol. The summed E-state index contributed by atoms with van der Waals surface area (Å²) in [6, 6.07) is 7.44. The Hall–Kier alpha value is -0.990. The number of nitrogens with one attached hydrogen (secondary N) is 1. The Morgan fingerprint density at radius 1 is 1.32 bits per heavy atom. The van der Waals surface area contributed by atoms with E-state index in [4.69, 9.17) is 0 Å². The van der Waals surface area contributed by atoms with Gasteiger partial charge in [0.1, 0.15) is 4.90 Å². The summed E-state index contributed by atoms with van der Waals surface area (Å²) in [6.45, 7) is 3.77. The van der Waals surface area contributed by atoms with E-state index in [-0.39, 0.29) is 6.54 Å². The lowest BCUT2D eigenvalue weighted by Crippen LogP contribution is -2.47. The minimum absolute atomic E-state index is 0.0306. The molecule has 5 nitrogen and oxygen atoms in total. The third kappa shape index (κ3) is 3.85. The van der Waals surface area contributed by atoms with Crippen molar-refractivity contribution >= 4 is 31.4 Å². The molecule has 7 heteroatoms. The smallest absolute Gasteiger partial charge is 0.242 e. The molecule has 1 heterocycles. The van der Waals surface area contributed by atoms with Crippen LogP contribution >= 0.6 is 11.3 Å². The van der Waals surface area contributed by atoms with Crippen LogP contribution in [0.1, 0.15) is 11.8 Å². The number of thiophene rings is 1. The summed E-state index contributed by atoms with van der Waals surface area (Å²) in [5, 5.41) is 11.0. The Balaban J connectivity index is 2.28. The maximum Gasteiger partial charge on any atom is 0.242 e. The molecule has 1 aromatic heterocycles. The van der Waals surface area contributed by atoms with Crippen molar-refractivity contribution in [2.75, 3.05) is 27.2 Å². The molecule has 0 amide bonds. The van der Waals surface area contributed by atoms with Gasteiger partial charge in [-0.05, 0) is 34.0 Å². The number of hydrogen-bond acceptors (Lipinski definition) is 5. The zero-order valence-electron chi connectivity index (χ0n) is 13.3. The van der Waals surface area contributed by atoms with Crippen molar-refractivity contribution < 1.29 is 13.5 Å². The van der Waals surface area contributed by atoms with E-state index in [2.05, 4.69) is 4.72 Å². The van der Waals surface area contributed by atoms with Gasteiger partial charge in [0.15, 0.2) is 0 Å². The predicted molar refractivity (Wildman–Crippen MR) is 90.9 cm³/mol. The number of aryl methyl sites for hydroxylation is 1. The first-order valence-corrected chi connectivity index (χ1v) is 9.27. The van der Waals surface area contributed by atoms with Crippen LogP contribution in [-0.4, -0.2) is 51.2 Å². The van der Waals surface area contributed by atoms with Crippen LogP contribution in [0.5, 0.6) is 0 Å². The van der Waals surface area contributed by atoms with Gasteiger partial charge < -0.3 is 10.0 Å². The zero-order valence-corrected chi connectivity index (χ0v) is 14.9. The maximum absolute atomic E-state index is 12.6. The number of benzene rings is 1. The highest BCUT2D eigenvalue weighted by atomic mass is 32.2. The Labute approximate surface area is 135 Å². The van der Waals surface area contributed by atoms with Gasteiger partial charge in [-0.2, -0.15) is 0 Å². The van der Waals surface area contributed by atoms with Crippen LogP contribution in [0.3, 0.4) is 0 Å². The van der Waals surface area contributed by atoms with Crippen molar-refractivity contribution in [3.05, 3.63) is 29.1 Å². The third-order valence-electron chi connectivity index (χ3n) is 3.28. The number of likely N-dealkylation sites (N-methyl/N-ethyl adjacent to an activating group) is 1. The molecule has 0 aliphatic rings.